The van der Waals surface area contributed by atoms with Gasteiger partial charge in [0.2, 0.25) is 11.8 Å². The number of nitrogens with zero attached hydrogens (tertiary/aromatic N) is 2. The Morgan fingerprint density at radius 3 is 2.30 bits per heavy atom. The Hall–Kier alpha value is -3.63. The van der Waals surface area contributed by atoms with Gasteiger partial charge in [0.1, 0.15) is 24.2 Å². The lowest BCUT2D eigenvalue weighted by molar-refractivity contribution is -0.139. The number of sulfonamides is 1. The number of carbonyl (C=O) groups is 2. The third-order valence-electron chi connectivity index (χ3n) is 6.07. The molecule has 11 heteroatoms. The second-order valence-corrected chi connectivity index (χ2v) is 11.3. The summed E-state index contributed by atoms with van der Waals surface area (Å²) in [5.74, 6) is -1.05. The molecule has 0 aromatic heterocycles. The van der Waals surface area contributed by atoms with E-state index < -0.39 is 34.3 Å². The van der Waals surface area contributed by atoms with Crippen molar-refractivity contribution in [1.29, 1.82) is 0 Å². The van der Waals surface area contributed by atoms with E-state index in [2.05, 4.69) is 5.32 Å². The number of rotatable bonds is 13. The van der Waals surface area contributed by atoms with Gasteiger partial charge in [-0.1, -0.05) is 30.7 Å². The Balaban J connectivity index is 2.02. The lowest BCUT2D eigenvalue weighted by atomic mass is 10.1. The first kappa shape index (κ1) is 30.9. The van der Waals surface area contributed by atoms with Gasteiger partial charge in [-0.2, -0.15) is 0 Å². The first-order chi connectivity index (χ1) is 19.1. The normalized spacial score (nSPS) is 11.9. The molecule has 3 aromatic rings. The minimum atomic E-state index is -4.31. The van der Waals surface area contributed by atoms with E-state index in [1.165, 1.54) is 17.0 Å². The predicted octanol–water partition coefficient (Wildman–Crippen LogP) is 5.02. The van der Waals surface area contributed by atoms with Gasteiger partial charge in [-0.15, -0.1) is 0 Å². The molecule has 214 valence electrons. The average Bonchev–Trinajstić information content (AvgIpc) is 2.93. The molecule has 0 aliphatic rings. The lowest BCUT2D eigenvalue weighted by Gasteiger charge is -2.32. The SMILES string of the molecule is CCCNC(=O)C(C)N(Cc1cccc(Cl)c1)C(=O)CN(c1ccc(OCC)cc1)S(=O)(=O)c1ccc(F)cc1. The summed E-state index contributed by atoms with van der Waals surface area (Å²) in [6.45, 7) is 5.58. The lowest BCUT2D eigenvalue weighted by Crippen LogP contribution is -2.51. The molecule has 1 N–H and O–H groups in total. The number of anilines is 1. The number of benzene rings is 3. The number of carbonyl (C=O) groups excluding carboxylic acids is 2. The van der Waals surface area contributed by atoms with E-state index in [4.69, 9.17) is 16.3 Å². The predicted molar refractivity (Wildman–Crippen MR) is 153 cm³/mol. The number of hydrogen-bond donors (Lipinski definition) is 1. The summed E-state index contributed by atoms with van der Waals surface area (Å²) in [6.07, 6.45) is 0.710. The number of nitrogens with one attached hydrogen (secondary N) is 1. The summed E-state index contributed by atoms with van der Waals surface area (Å²) in [7, 11) is -4.31. The molecule has 1 atom stereocenters. The van der Waals surface area contributed by atoms with Crippen LogP contribution in [0.3, 0.4) is 0 Å². The molecule has 3 aromatic carbocycles. The molecular formula is C29H33ClFN3O5S. The highest BCUT2D eigenvalue weighted by Crippen LogP contribution is 2.27. The zero-order valence-electron chi connectivity index (χ0n) is 22.6. The number of halogens is 2. The molecule has 0 radical (unpaired) electrons. The first-order valence-corrected chi connectivity index (χ1v) is 14.7. The second-order valence-electron chi connectivity index (χ2n) is 9.01. The van der Waals surface area contributed by atoms with Crippen LogP contribution in [-0.2, 0) is 26.2 Å². The Kier molecular flexibility index (Phi) is 10.9. The molecule has 0 saturated carbocycles. The van der Waals surface area contributed by atoms with Crippen molar-refractivity contribution in [3.05, 3.63) is 89.2 Å². The molecule has 0 fully saturated rings. The van der Waals surface area contributed by atoms with Crippen LogP contribution in [-0.4, -0.2) is 50.9 Å². The Morgan fingerprint density at radius 1 is 1.02 bits per heavy atom. The Labute approximate surface area is 239 Å². The summed E-state index contributed by atoms with van der Waals surface area (Å²) >= 11 is 6.15. The van der Waals surface area contributed by atoms with E-state index >= 15 is 0 Å². The van der Waals surface area contributed by atoms with Crippen molar-refractivity contribution in [3.63, 3.8) is 0 Å². The maximum atomic E-state index is 13.9. The van der Waals surface area contributed by atoms with E-state index in [1.54, 1.807) is 43.3 Å². The van der Waals surface area contributed by atoms with E-state index in [1.807, 2.05) is 13.8 Å². The van der Waals surface area contributed by atoms with Gasteiger partial charge in [-0.05, 0) is 86.5 Å². The summed E-state index contributed by atoms with van der Waals surface area (Å²) < 4.78 is 47.5. The number of amides is 2. The van der Waals surface area contributed by atoms with Crippen LogP contribution in [0.4, 0.5) is 10.1 Å². The van der Waals surface area contributed by atoms with Crippen molar-refractivity contribution in [2.45, 2.75) is 44.7 Å². The van der Waals surface area contributed by atoms with Crippen LogP contribution >= 0.6 is 11.6 Å². The van der Waals surface area contributed by atoms with Gasteiger partial charge in [-0.3, -0.25) is 13.9 Å². The van der Waals surface area contributed by atoms with Gasteiger partial charge in [0.25, 0.3) is 10.0 Å². The topological polar surface area (TPSA) is 96.0 Å². The minimum absolute atomic E-state index is 0.0216. The smallest absolute Gasteiger partial charge is 0.264 e. The van der Waals surface area contributed by atoms with E-state index in [-0.39, 0.29) is 23.0 Å². The van der Waals surface area contributed by atoms with Crippen LogP contribution in [0.1, 0.15) is 32.8 Å². The van der Waals surface area contributed by atoms with E-state index in [0.717, 1.165) is 28.6 Å². The fourth-order valence-electron chi connectivity index (χ4n) is 3.95. The zero-order chi connectivity index (χ0) is 29.3. The Bertz CT molecular complexity index is 1400. The van der Waals surface area contributed by atoms with Crippen LogP contribution < -0.4 is 14.4 Å². The molecule has 0 aliphatic carbocycles. The van der Waals surface area contributed by atoms with Crippen LogP contribution in [0.2, 0.25) is 5.02 Å². The second kappa shape index (κ2) is 14.1. The van der Waals surface area contributed by atoms with Crippen molar-refractivity contribution in [1.82, 2.24) is 10.2 Å². The Morgan fingerprint density at radius 2 is 1.70 bits per heavy atom. The maximum absolute atomic E-state index is 13.9. The van der Waals surface area contributed by atoms with Crippen molar-refractivity contribution in [2.75, 3.05) is 24.0 Å². The third-order valence-corrected chi connectivity index (χ3v) is 8.10. The number of hydrogen-bond acceptors (Lipinski definition) is 5. The van der Waals surface area contributed by atoms with Crippen molar-refractivity contribution < 1.29 is 27.1 Å². The van der Waals surface area contributed by atoms with Crippen molar-refractivity contribution >= 4 is 39.1 Å². The summed E-state index contributed by atoms with van der Waals surface area (Å²) in [4.78, 5) is 27.9. The molecule has 40 heavy (non-hydrogen) atoms. The summed E-state index contributed by atoms with van der Waals surface area (Å²) in [5.41, 5.74) is 0.872. The molecule has 8 nitrogen and oxygen atoms in total. The third kappa shape index (κ3) is 7.95. The van der Waals surface area contributed by atoms with Crippen LogP contribution in [0.25, 0.3) is 0 Å². The molecule has 0 aliphatic heterocycles. The van der Waals surface area contributed by atoms with Gasteiger partial charge in [0.05, 0.1) is 17.2 Å². The van der Waals surface area contributed by atoms with Crippen molar-refractivity contribution in [3.8, 4) is 5.75 Å². The molecule has 1 unspecified atom stereocenters. The van der Waals surface area contributed by atoms with E-state index in [9.17, 15) is 22.4 Å². The summed E-state index contributed by atoms with van der Waals surface area (Å²) in [5, 5.41) is 3.25. The highest BCUT2D eigenvalue weighted by Gasteiger charge is 2.32. The van der Waals surface area contributed by atoms with Gasteiger partial charge in [-0.25, -0.2) is 12.8 Å². The van der Waals surface area contributed by atoms with Gasteiger partial charge < -0.3 is 15.0 Å². The highest BCUT2D eigenvalue weighted by molar-refractivity contribution is 7.92. The molecule has 0 spiro atoms. The standard InChI is InChI=1S/C29H33ClFN3O5S/c1-4-17-32-29(36)21(3)33(19-22-7-6-8-23(30)18-22)28(35)20-34(25-11-13-26(14-12-25)39-5-2)40(37,38)27-15-9-24(31)10-16-27/h6-16,18,21H,4-5,17,19-20H2,1-3H3,(H,32,36). The number of ether oxygens (including phenoxy) is 1. The monoisotopic (exact) mass is 589 g/mol. The molecule has 0 heterocycles. The summed E-state index contributed by atoms with van der Waals surface area (Å²) in [6, 6.07) is 16.6. The average molecular weight is 590 g/mol. The molecule has 2 amide bonds. The minimum Gasteiger partial charge on any atom is -0.494 e. The van der Waals surface area contributed by atoms with Crippen LogP contribution in [0, 0.1) is 5.82 Å². The van der Waals surface area contributed by atoms with Gasteiger partial charge >= 0.3 is 0 Å². The van der Waals surface area contributed by atoms with Crippen LogP contribution in [0.5, 0.6) is 5.75 Å². The van der Waals surface area contributed by atoms with Crippen molar-refractivity contribution in [2.24, 2.45) is 0 Å². The fraction of sp³-hybridized carbons (Fsp3) is 0.310. The maximum Gasteiger partial charge on any atom is 0.264 e. The molecule has 3 rings (SSSR count). The molecule has 0 bridgehead atoms. The first-order valence-electron chi connectivity index (χ1n) is 12.9. The largest absolute Gasteiger partial charge is 0.494 e. The molecule has 0 saturated heterocycles. The fourth-order valence-corrected chi connectivity index (χ4v) is 5.58. The molecular weight excluding hydrogens is 557 g/mol. The van der Waals surface area contributed by atoms with E-state index in [0.29, 0.717) is 35.9 Å². The van der Waals surface area contributed by atoms with Crippen LogP contribution in [0.15, 0.2) is 77.7 Å². The van der Waals surface area contributed by atoms with Gasteiger partial charge in [0, 0.05) is 18.1 Å². The zero-order valence-corrected chi connectivity index (χ0v) is 24.2. The quantitative estimate of drug-likeness (QED) is 0.302. The van der Waals surface area contributed by atoms with Gasteiger partial charge in [0.15, 0.2) is 0 Å². The highest BCUT2D eigenvalue weighted by atomic mass is 35.5.